The summed E-state index contributed by atoms with van der Waals surface area (Å²) in [6, 6.07) is 0. The van der Waals surface area contributed by atoms with Crippen LogP contribution in [-0.4, -0.2) is 27.7 Å². The minimum absolute atomic E-state index is 0.114. The minimum atomic E-state index is -0.972. The average Bonchev–Trinajstić information content (AvgIpc) is 2.97. The van der Waals surface area contributed by atoms with Gasteiger partial charge in [0.1, 0.15) is 5.78 Å². The largest absolute Gasteiger partial charge is 0.393 e. The molecule has 0 aromatic carbocycles. The molecule has 0 spiro atoms. The van der Waals surface area contributed by atoms with Gasteiger partial charge in [-0.25, -0.2) is 0 Å². The molecule has 4 aliphatic rings. The van der Waals surface area contributed by atoms with Gasteiger partial charge in [0.25, 0.3) is 0 Å². The van der Waals surface area contributed by atoms with Gasteiger partial charge < -0.3 is 10.2 Å². The van der Waals surface area contributed by atoms with E-state index in [-0.39, 0.29) is 28.6 Å². The van der Waals surface area contributed by atoms with Gasteiger partial charge in [-0.1, -0.05) is 51.5 Å². The highest BCUT2D eigenvalue weighted by Crippen LogP contribution is 2.67. The van der Waals surface area contributed by atoms with Crippen molar-refractivity contribution in [2.45, 2.75) is 104 Å². The van der Waals surface area contributed by atoms with Crippen molar-refractivity contribution in [3.05, 3.63) is 23.8 Å². The molecule has 8 atom stereocenters. The van der Waals surface area contributed by atoms with Gasteiger partial charge in [0.2, 0.25) is 0 Å². The fourth-order valence-corrected chi connectivity index (χ4v) is 8.34. The second-order valence-corrected chi connectivity index (χ2v) is 12.5. The Bertz CT molecular complexity index is 777. The Morgan fingerprint density at radius 2 is 1.94 bits per heavy atom. The van der Waals surface area contributed by atoms with E-state index >= 15 is 0 Å². The number of hydrogen-bond donors (Lipinski definition) is 2. The molecular formula is C28H44O3. The zero-order chi connectivity index (χ0) is 22.8. The Morgan fingerprint density at radius 1 is 1.23 bits per heavy atom. The molecule has 0 aromatic heterocycles. The Kier molecular flexibility index (Phi) is 5.87. The fourth-order valence-electron chi connectivity index (χ4n) is 8.34. The van der Waals surface area contributed by atoms with Crippen molar-refractivity contribution in [1.29, 1.82) is 0 Å². The highest BCUT2D eigenvalue weighted by atomic mass is 16.3. The highest BCUT2D eigenvalue weighted by Gasteiger charge is 2.64. The third-order valence-electron chi connectivity index (χ3n) is 10.3. The van der Waals surface area contributed by atoms with Gasteiger partial charge in [0.05, 0.1) is 17.6 Å². The number of carbonyl (C=O) groups excluding carboxylic acids is 1. The summed E-state index contributed by atoms with van der Waals surface area (Å²) < 4.78 is 0. The van der Waals surface area contributed by atoms with Gasteiger partial charge in [-0.15, -0.1) is 0 Å². The third-order valence-corrected chi connectivity index (χ3v) is 10.3. The first-order valence-corrected chi connectivity index (χ1v) is 12.7. The fraction of sp³-hybridized carbons (Fsp3) is 0.821. The molecule has 31 heavy (non-hydrogen) atoms. The number of rotatable bonds is 5. The van der Waals surface area contributed by atoms with Gasteiger partial charge in [0, 0.05) is 6.42 Å². The molecule has 0 aromatic rings. The summed E-state index contributed by atoms with van der Waals surface area (Å²) in [6.45, 7) is 15.1. The molecule has 0 radical (unpaired) electrons. The number of ketones is 1. The monoisotopic (exact) mass is 428 g/mol. The van der Waals surface area contributed by atoms with Crippen molar-refractivity contribution in [3.8, 4) is 0 Å². The molecule has 0 bridgehead atoms. The molecule has 3 heteroatoms. The summed E-state index contributed by atoms with van der Waals surface area (Å²) in [5.74, 6) is 1.93. The SMILES string of the molecule is C=C(CC[C@](C)(O)[C@H]1C(=O)C[C@H]2[C@@H]3CC=C4C[C@@H](O)CC[C@]4(C)[C@H]3CC[C@@]21C)C(C)C. The molecule has 2 N–H and O–H groups in total. The van der Waals surface area contributed by atoms with E-state index in [0.29, 0.717) is 36.5 Å². The van der Waals surface area contributed by atoms with Crippen LogP contribution in [0.25, 0.3) is 0 Å². The van der Waals surface area contributed by atoms with Crippen LogP contribution in [0.4, 0.5) is 0 Å². The van der Waals surface area contributed by atoms with E-state index in [2.05, 4.69) is 40.3 Å². The second kappa shape index (κ2) is 7.83. The maximum Gasteiger partial charge on any atom is 0.139 e. The minimum Gasteiger partial charge on any atom is -0.393 e. The topological polar surface area (TPSA) is 57.5 Å². The lowest BCUT2D eigenvalue weighted by Crippen LogP contribution is -2.53. The smallest absolute Gasteiger partial charge is 0.139 e. The summed E-state index contributed by atoms with van der Waals surface area (Å²) >= 11 is 0. The van der Waals surface area contributed by atoms with Crippen molar-refractivity contribution in [3.63, 3.8) is 0 Å². The highest BCUT2D eigenvalue weighted by molar-refractivity contribution is 5.86. The maximum atomic E-state index is 13.4. The van der Waals surface area contributed by atoms with E-state index in [1.54, 1.807) is 0 Å². The Hall–Kier alpha value is -0.930. The third kappa shape index (κ3) is 3.68. The summed E-state index contributed by atoms with van der Waals surface area (Å²) in [6.07, 6.45) is 10.3. The standard InChI is InChI=1S/C28H44O3/c1-17(2)18(3)9-14-28(6,31)25-24(30)16-23-21-8-7-19-15-20(29)10-12-26(19,4)22(21)11-13-27(23,25)5/h7,17,20-23,25,29,31H,3,8-16H2,1-2,4-6H3/t20-,21+,22-,23-,25-,26-,27-,28-/m0/s1. The Balaban J connectivity index is 1.58. The molecule has 0 heterocycles. The van der Waals surface area contributed by atoms with Gasteiger partial charge in [-0.05, 0) is 92.8 Å². The average molecular weight is 429 g/mol. The number of carbonyl (C=O) groups is 1. The van der Waals surface area contributed by atoms with Crippen molar-refractivity contribution in [2.24, 2.45) is 40.4 Å². The zero-order valence-electron chi connectivity index (χ0n) is 20.4. The Morgan fingerprint density at radius 3 is 2.61 bits per heavy atom. The molecule has 4 aliphatic carbocycles. The molecule has 0 saturated heterocycles. The first kappa shape index (κ1) is 23.2. The lowest BCUT2D eigenvalue weighted by molar-refractivity contribution is -0.138. The van der Waals surface area contributed by atoms with Crippen LogP contribution in [0.15, 0.2) is 23.8 Å². The van der Waals surface area contributed by atoms with Crippen molar-refractivity contribution < 1.29 is 15.0 Å². The van der Waals surface area contributed by atoms with Crippen molar-refractivity contribution >= 4 is 5.78 Å². The molecular weight excluding hydrogens is 384 g/mol. The first-order valence-electron chi connectivity index (χ1n) is 12.7. The van der Waals surface area contributed by atoms with Crippen LogP contribution < -0.4 is 0 Å². The molecule has 0 unspecified atom stereocenters. The van der Waals surface area contributed by atoms with Crippen LogP contribution in [0.3, 0.4) is 0 Å². The molecule has 3 fully saturated rings. The van der Waals surface area contributed by atoms with Gasteiger partial charge in [0.15, 0.2) is 0 Å². The van der Waals surface area contributed by atoms with Crippen LogP contribution in [0.5, 0.6) is 0 Å². The van der Waals surface area contributed by atoms with E-state index in [4.69, 9.17) is 0 Å². The maximum absolute atomic E-state index is 13.4. The van der Waals surface area contributed by atoms with E-state index in [1.165, 1.54) is 5.57 Å². The van der Waals surface area contributed by atoms with E-state index < -0.39 is 5.60 Å². The van der Waals surface area contributed by atoms with E-state index in [1.807, 2.05) is 6.92 Å². The number of hydrogen-bond acceptors (Lipinski definition) is 3. The lowest BCUT2D eigenvalue weighted by Gasteiger charge is -2.58. The molecule has 0 amide bonds. The van der Waals surface area contributed by atoms with Crippen LogP contribution in [-0.2, 0) is 4.79 Å². The number of aliphatic hydroxyl groups is 2. The normalized spacial score (nSPS) is 44.2. The van der Waals surface area contributed by atoms with Gasteiger partial charge in [-0.3, -0.25) is 4.79 Å². The number of allylic oxidation sites excluding steroid dienone is 2. The summed E-state index contributed by atoms with van der Waals surface area (Å²) in [5.41, 5.74) is 1.73. The van der Waals surface area contributed by atoms with E-state index in [9.17, 15) is 15.0 Å². The molecule has 4 rings (SSSR count). The van der Waals surface area contributed by atoms with Crippen LogP contribution in [0.1, 0.15) is 92.4 Å². The first-order chi connectivity index (χ1) is 14.4. The zero-order valence-corrected chi connectivity index (χ0v) is 20.4. The lowest BCUT2D eigenvalue weighted by atomic mass is 9.46. The molecule has 0 aliphatic heterocycles. The molecule has 3 saturated carbocycles. The number of aliphatic hydroxyl groups excluding tert-OH is 1. The number of fused-ring (bicyclic) bond motifs is 5. The van der Waals surface area contributed by atoms with Crippen LogP contribution >= 0.6 is 0 Å². The quantitative estimate of drug-likeness (QED) is 0.540. The summed E-state index contributed by atoms with van der Waals surface area (Å²) in [7, 11) is 0. The number of Topliss-reactive ketones (excluding diaryl/α,β-unsaturated/α-hetero) is 1. The van der Waals surface area contributed by atoms with Crippen LogP contribution in [0, 0.1) is 40.4 Å². The summed E-state index contributed by atoms with van der Waals surface area (Å²) in [4.78, 5) is 13.4. The molecule has 3 nitrogen and oxygen atoms in total. The Labute approximate surface area is 189 Å². The molecule has 174 valence electrons. The predicted molar refractivity (Wildman–Crippen MR) is 125 cm³/mol. The van der Waals surface area contributed by atoms with E-state index in [0.717, 1.165) is 50.5 Å². The summed E-state index contributed by atoms with van der Waals surface area (Å²) in [5, 5.41) is 21.8. The van der Waals surface area contributed by atoms with Crippen molar-refractivity contribution in [1.82, 2.24) is 0 Å². The van der Waals surface area contributed by atoms with Gasteiger partial charge >= 0.3 is 0 Å². The van der Waals surface area contributed by atoms with Gasteiger partial charge in [-0.2, -0.15) is 0 Å². The predicted octanol–water partition coefficient (Wildman–Crippen LogP) is 5.85. The van der Waals surface area contributed by atoms with Crippen LogP contribution in [0.2, 0.25) is 0 Å². The van der Waals surface area contributed by atoms with Crippen molar-refractivity contribution in [2.75, 3.05) is 0 Å². The second-order valence-electron chi connectivity index (χ2n) is 12.5.